The van der Waals surface area contributed by atoms with Gasteiger partial charge in [0, 0.05) is 74.5 Å². The molecule has 250 valence electrons. The number of aromatic amines is 1. The number of amides is 1. The number of para-hydroxylation sites is 1. The second-order valence-electron chi connectivity index (χ2n) is 11.7. The molecule has 0 radical (unpaired) electrons. The van der Waals surface area contributed by atoms with Crippen molar-refractivity contribution in [1.29, 1.82) is 0 Å². The normalized spacial score (nSPS) is 19.2. The van der Waals surface area contributed by atoms with Crippen LogP contribution >= 0.6 is 0 Å². The molecule has 1 aromatic heterocycles. The van der Waals surface area contributed by atoms with Gasteiger partial charge in [-0.2, -0.15) is 26.3 Å². The highest BCUT2D eigenvalue weighted by Gasteiger charge is 2.39. The van der Waals surface area contributed by atoms with E-state index in [0.717, 1.165) is 55.7 Å². The van der Waals surface area contributed by atoms with Crippen molar-refractivity contribution in [1.82, 2.24) is 19.7 Å². The van der Waals surface area contributed by atoms with E-state index in [-0.39, 0.29) is 12.6 Å². The molecule has 8 nitrogen and oxygen atoms in total. The van der Waals surface area contributed by atoms with Crippen molar-refractivity contribution < 1.29 is 40.7 Å². The molecule has 0 saturated carbocycles. The van der Waals surface area contributed by atoms with E-state index in [9.17, 15) is 31.1 Å². The molecule has 14 heteroatoms. The van der Waals surface area contributed by atoms with Crippen molar-refractivity contribution in [2.24, 2.45) is 5.16 Å². The topological polar surface area (TPSA) is 73.4 Å². The maximum Gasteiger partial charge on any atom is 0.416 e. The number of nitrogens with one attached hydrogen (secondary N) is 1. The molecule has 0 bridgehead atoms. The quantitative estimate of drug-likeness (QED) is 0.132. The molecule has 1 amide bonds. The van der Waals surface area contributed by atoms with Crippen LogP contribution in [0.25, 0.3) is 10.9 Å². The summed E-state index contributed by atoms with van der Waals surface area (Å²) in [5.74, 6) is -0.880. The minimum Gasteiger partial charge on any atom is -0.396 e. The minimum atomic E-state index is -5.06. The monoisotopic (exact) mass is 653 g/mol. The van der Waals surface area contributed by atoms with Crippen molar-refractivity contribution in [2.45, 2.75) is 38.2 Å². The number of ether oxygens (including phenoxy) is 1. The zero-order chi connectivity index (χ0) is 32.9. The number of nitrogens with zero attached hydrogens (tertiary/aromatic N) is 4. The first-order valence-corrected chi connectivity index (χ1v) is 15.2. The summed E-state index contributed by atoms with van der Waals surface area (Å²) < 4.78 is 86.8. The molecule has 0 spiro atoms. The number of aromatic nitrogens is 1. The molecule has 2 aliphatic rings. The Morgan fingerprint density at radius 1 is 0.978 bits per heavy atom. The summed E-state index contributed by atoms with van der Waals surface area (Å²) in [6, 6.07) is 8.06. The number of hydrogen-bond donors (Lipinski definition) is 1. The lowest BCUT2D eigenvalue weighted by molar-refractivity contribution is -0.143. The van der Waals surface area contributed by atoms with Crippen molar-refractivity contribution in [3.63, 3.8) is 0 Å². The Bertz CT molecular complexity index is 1480. The van der Waals surface area contributed by atoms with E-state index in [1.165, 1.54) is 4.90 Å². The van der Waals surface area contributed by atoms with E-state index >= 15 is 0 Å². The highest BCUT2D eigenvalue weighted by Crippen LogP contribution is 2.37. The third-order valence-electron chi connectivity index (χ3n) is 8.28. The molecule has 3 aromatic rings. The summed E-state index contributed by atoms with van der Waals surface area (Å²) in [6.07, 6.45) is -7.14. The fourth-order valence-electron chi connectivity index (χ4n) is 5.99. The number of piperazine rings is 1. The van der Waals surface area contributed by atoms with E-state index in [0.29, 0.717) is 50.5 Å². The lowest BCUT2D eigenvalue weighted by Crippen LogP contribution is -2.56. The molecule has 2 saturated heterocycles. The number of fused-ring (bicyclic) bond motifs is 1. The van der Waals surface area contributed by atoms with Gasteiger partial charge in [-0.25, -0.2) is 0 Å². The van der Waals surface area contributed by atoms with Crippen LogP contribution < -0.4 is 0 Å². The fraction of sp³-hybridized carbons (Fsp3) is 0.500. The van der Waals surface area contributed by atoms with Gasteiger partial charge in [0.1, 0.15) is 6.61 Å². The third kappa shape index (κ3) is 8.59. The van der Waals surface area contributed by atoms with Gasteiger partial charge in [-0.05, 0) is 49.6 Å². The van der Waals surface area contributed by atoms with Crippen LogP contribution in [0.3, 0.4) is 0 Å². The average Bonchev–Trinajstić information content (AvgIpc) is 3.43. The molecule has 3 heterocycles. The van der Waals surface area contributed by atoms with Gasteiger partial charge >= 0.3 is 12.4 Å². The second kappa shape index (κ2) is 14.4. The average molecular weight is 654 g/mol. The highest BCUT2D eigenvalue weighted by atomic mass is 19.4. The van der Waals surface area contributed by atoms with E-state index in [4.69, 9.17) is 9.57 Å². The summed E-state index contributed by atoms with van der Waals surface area (Å²) in [4.78, 5) is 28.2. The Balaban J connectivity index is 1.31. The zero-order valence-electron chi connectivity index (χ0n) is 25.5. The van der Waals surface area contributed by atoms with Crippen LogP contribution in [0.1, 0.15) is 40.4 Å². The first-order valence-electron chi connectivity index (χ1n) is 15.2. The maximum absolute atomic E-state index is 13.7. The molecule has 0 aliphatic carbocycles. The number of morpholine rings is 1. The van der Waals surface area contributed by atoms with Crippen LogP contribution in [0.4, 0.5) is 26.3 Å². The molecule has 5 rings (SSSR count). The Kier molecular flexibility index (Phi) is 10.6. The number of H-pyrrole nitrogens is 1. The molecule has 1 atom stereocenters. The van der Waals surface area contributed by atoms with E-state index in [1.807, 2.05) is 37.4 Å². The van der Waals surface area contributed by atoms with Gasteiger partial charge in [-0.15, -0.1) is 0 Å². The predicted octanol–water partition coefficient (Wildman–Crippen LogP) is 5.69. The number of rotatable bonds is 10. The van der Waals surface area contributed by atoms with E-state index in [2.05, 4.69) is 19.9 Å². The fourth-order valence-corrected chi connectivity index (χ4v) is 5.99. The van der Waals surface area contributed by atoms with Gasteiger partial charge in [0.25, 0.3) is 5.91 Å². The van der Waals surface area contributed by atoms with Crippen molar-refractivity contribution in [2.75, 3.05) is 65.6 Å². The standard InChI is InChI=1S/C32H37F6N5O3/c1-22(40-46-12-4-7-41-10-13-45-14-11-41)20-42-8-9-43(27(21-42)17-24-19-39-29-6-3-2-5-28(24)29)30(44)23-15-25(31(33,34)35)18-26(16-23)32(36,37)38/h2-3,5-6,15-16,18-19,27,39H,4,7-14,17,20-21H2,1H3/t27-/m1/s1. The van der Waals surface area contributed by atoms with E-state index < -0.39 is 41.0 Å². The number of halogens is 6. The number of benzene rings is 2. The summed E-state index contributed by atoms with van der Waals surface area (Å²) in [5, 5.41) is 5.17. The lowest BCUT2D eigenvalue weighted by atomic mass is 9.98. The van der Waals surface area contributed by atoms with Gasteiger partial charge < -0.3 is 19.5 Å². The van der Waals surface area contributed by atoms with Crippen LogP contribution in [0.2, 0.25) is 0 Å². The predicted molar refractivity (Wildman–Crippen MR) is 161 cm³/mol. The third-order valence-corrected chi connectivity index (χ3v) is 8.28. The van der Waals surface area contributed by atoms with Gasteiger partial charge in [0.2, 0.25) is 0 Å². The first kappa shape index (κ1) is 33.7. The Hall–Kier alpha value is -3.62. The van der Waals surface area contributed by atoms with Crippen LogP contribution in [0.15, 0.2) is 53.8 Å². The van der Waals surface area contributed by atoms with E-state index in [1.54, 1.807) is 0 Å². The summed E-state index contributed by atoms with van der Waals surface area (Å²) >= 11 is 0. The Labute approximate surface area is 262 Å². The number of hydrogen-bond acceptors (Lipinski definition) is 6. The molecule has 2 aromatic carbocycles. The van der Waals surface area contributed by atoms with Crippen molar-refractivity contribution >= 4 is 22.5 Å². The molecule has 46 heavy (non-hydrogen) atoms. The Morgan fingerprint density at radius 3 is 2.37 bits per heavy atom. The van der Waals surface area contributed by atoms with Gasteiger partial charge in [-0.3, -0.25) is 14.6 Å². The second-order valence-corrected chi connectivity index (χ2v) is 11.7. The molecule has 1 N–H and O–H groups in total. The number of oxime groups is 1. The molecule has 0 unspecified atom stereocenters. The lowest BCUT2D eigenvalue weighted by Gasteiger charge is -2.41. The SMILES string of the molecule is CC(CN1CCN(C(=O)c2cc(C(F)(F)F)cc(C(F)(F)F)c2)[C@H](Cc2c[nH]c3ccccc23)C1)=NOCCCN1CCOCC1. The van der Waals surface area contributed by atoms with Crippen LogP contribution in [-0.2, 0) is 28.3 Å². The van der Waals surface area contributed by atoms with Crippen LogP contribution in [-0.4, -0.2) is 103 Å². The largest absolute Gasteiger partial charge is 0.416 e. The van der Waals surface area contributed by atoms with Gasteiger partial charge in [0.05, 0.1) is 30.1 Å². The van der Waals surface area contributed by atoms with Gasteiger partial charge in [-0.1, -0.05) is 23.4 Å². The summed E-state index contributed by atoms with van der Waals surface area (Å²) in [5.41, 5.74) is -1.21. The van der Waals surface area contributed by atoms with Crippen molar-refractivity contribution in [3.8, 4) is 0 Å². The highest BCUT2D eigenvalue weighted by molar-refractivity contribution is 5.95. The smallest absolute Gasteiger partial charge is 0.396 e. The maximum atomic E-state index is 13.7. The molecular formula is C32H37F6N5O3. The minimum absolute atomic E-state index is 0.0327. The zero-order valence-corrected chi connectivity index (χ0v) is 25.5. The molecule has 2 fully saturated rings. The Morgan fingerprint density at radius 2 is 1.67 bits per heavy atom. The summed E-state index contributed by atoms with van der Waals surface area (Å²) in [7, 11) is 0. The number of carbonyl (C=O) groups excluding carboxylic acids is 1. The molecule has 2 aliphatic heterocycles. The number of alkyl halides is 6. The van der Waals surface area contributed by atoms with Gasteiger partial charge in [0.15, 0.2) is 0 Å². The summed E-state index contributed by atoms with van der Waals surface area (Å²) in [6.45, 7) is 7.65. The van der Waals surface area contributed by atoms with Crippen LogP contribution in [0, 0.1) is 0 Å². The number of carbonyl (C=O) groups is 1. The molecular weight excluding hydrogens is 616 g/mol. The first-order chi connectivity index (χ1) is 21.9. The van der Waals surface area contributed by atoms with Crippen LogP contribution in [0.5, 0.6) is 0 Å². The van der Waals surface area contributed by atoms with Crippen molar-refractivity contribution in [3.05, 3.63) is 70.9 Å².